The van der Waals surface area contributed by atoms with Gasteiger partial charge < -0.3 is 5.11 Å². The number of hydrogen-bond acceptors (Lipinski definition) is 3. The number of aliphatic hydroxyl groups excluding tert-OH is 1. The van der Waals surface area contributed by atoms with E-state index in [1.165, 1.54) is 6.92 Å². The molecule has 0 heterocycles. The third-order valence-corrected chi connectivity index (χ3v) is 3.87. The summed E-state index contributed by atoms with van der Waals surface area (Å²) in [5.41, 5.74) is 0.629. The highest BCUT2D eigenvalue weighted by Crippen LogP contribution is 2.32. The number of thioether (sulfide) groups is 1. The molecule has 0 spiro atoms. The van der Waals surface area contributed by atoms with Gasteiger partial charge in [-0.1, -0.05) is 24.6 Å². The normalized spacial score (nSPS) is 12.5. The second kappa shape index (κ2) is 6.28. The zero-order chi connectivity index (χ0) is 12.1. The number of carbonyl (C=O) groups excluding carboxylic acids is 1. The average molecular weight is 259 g/mol. The van der Waals surface area contributed by atoms with Crippen molar-refractivity contribution in [2.24, 2.45) is 0 Å². The Hall–Kier alpha value is -0.510. The first-order chi connectivity index (χ1) is 7.54. The number of hydrogen-bond donors (Lipinski definition) is 1. The van der Waals surface area contributed by atoms with Crippen LogP contribution >= 0.6 is 23.4 Å². The van der Waals surface area contributed by atoms with Gasteiger partial charge in [0.15, 0.2) is 5.78 Å². The Morgan fingerprint density at radius 1 is 1.56 bits per heavy atom. The summed E-state index contributed by atoms with van der Waals surface area (Å²) in [5, 5.41) is 9.72. The van der Waals surface area contributed by atoms with Crippen LogP contribution in [-0.4, -0.2) is 22.7 Å². The molecule has 0 fully saturated rings. The summed E-state index contributed by atoms with van der Waals surface area (Å²) in [5.74, 6) is 0.0156. The Labute approximate surface area is 105 Å². The SMILES string of the molecule is CC(=O)c1ccc(SC(C)CCO)c(Cl)c1. The van der Waals surface area contributed by atoms with Gasteiger partial charge in [-0.2, -0.15) is 0 Å². The summed E-state index contributed by atoms with van der Waals surface area (Å²) >= 11 is 7.69. The summed E-state index contributed by atoms with van der Waals surface area (Å²) in [7, 11) is 0. The van der Waals surface area contributed by atoms with Gasteiger partial charge in [0.2, 0.25) is 0 Å². The van der Waals surface area contributed by atoms with E-state index in [0.29, 0.717) is 15.8 Å². The summed E-state index contributed by atoms with van der Waals surface area (Å²) in [4.78, 5) is 12.1. The van der Waals surface area contributed by atoms with Crippen LogP contribution < -0.4 is 0 Å². The van der Waals surface area contributed by atoms with Gasteiger partial charge in [-0.3, -0.25) is 4.79 Å². The van der Waals surface area contributed by atoms with E-state index in [1.54, 1.807) is 23.9 Å². The van der Waals surface area contributed by atoms with Crippen LogP contribution in [0.3, 0.4) is 0 Å². The lowest BCUT2D eigenvalue weighted by Crippen LogP contribution is -1.99. The van der Waals surface area contributed by atoms with Gasteiger partial charge >= 0.3 is 0 Å². The second-order valence-electron chi connectivity index (χ2n) is 3.64. The monoisotopic (exact) mass is 258 g/mol. The highest BCUT2D eigenvalue weighted by molar-refractivity contribution is 8.00. The number of ketones is 1. The third-order valence-electron chi connectivity index (χ3n) is 2.20. The summed E-state index contributed by atoms with van der Waals surface area (Å²) in [6.07, 6.45) is 0.732. The number of benzene rings is 1. The van der Waals surface area contributed by atoms with Crippen molar-refractivity contribution in [3.63, 3.8) is 0 Å². The van der Waals surface area contributed by atoms with Gasteiger partial charge in [0.1, 0.15) is 0 Å². The smallest absolute Gasteiger partial charge is 0.159 e. The molecule has 0 radical (unpaired) electrons. The molecule has 0 saturated heterocycles. The molecule has 1 aromatic rings. The van der Waals surface area contributed by atoms with Crippen molar-refractivity contribution in [1.29, 1.82) is 0 Å². The maximum atomic E-state index is 11.1. The van der Waals surface area contributed by atoms with Gasteiger partial charge in [0.05, 0.1) is 5.02 Å². The molecule has 4 heteroatoms. The van der Waals surface area contributed by atoms with Crippen molar-refractivity contribution in [3.8, 4) is 0 Å². The van der Waals surface area contributed by atoms with Crippen LogP contribution in [0.15, 0.2) is 23.1 Å². The minimum absolute atomic E-state index is 0.0156. The highest BCUT2D eigenvalue weighted by Gasteiger charge is 2.09. The molecule has 1 unspecified atom stereocenters. The fourth-order valence-corrected chi connectivity index (χ4v) is 2.56. The molecular weight excluding hydrogens is 244 g/mol. The number of aliphatic hydroxyl groups is 1. The number of halogens is 1. The van der Waals surface area contributed by atoms with Gasteiger partial charge in [-0.25, -0.2) is 0 Å². The molecule has 0 aliphatic carbocycles. The lowest BCUT2D eigenvalue weighted by Gasteiger charge is -2.11. The summed E-state index contributed by atoms with van der Waals surface area (Å²) in [6, 6.07) is 5.33. The molecule has 88 valence electrons. The molecule has 0 saturated carbocycles. The third kappa shape index (κ3) is 3.81. The van der Waals surface area contributed by atoms with E-state index in [1.807, 2.05) is 13.0 Å². The van der Waals surface area contributed by atoms with E-state index in [2.05, 4.69) is 0 Å². The summed E-state index contributed by atoms with van der Waals surface area (Å²) in [6.45, 7) is 3.74. The second-order valence-corrected chi connectivity index (χ2v) is 5.53. The van der Waals surface area contributed by atoms with E-state index < -0.39 is 0 Å². The topological polar surface area (TPSA) is 37.3 Å². The van der Waals surface area contributed by atoms with Crippen LogP contribution in [-0.2, 0) is 0 Å². The molecule has 1 atom stereocenters. The fourth-order valence-electron chi connectivity index (χ4n) is 1.27. The average Bonchev–Trinajstić information content (AvgIpc) is 2.21. The molecule has 1 rings (SSSR count). The molecule has 0 aromatic heterocycles. The minimum atomic E-state index is 0.0156. The van der Waals surface area contributed by atoms with Crippen molar-refractivity contribution in [2.45, 2.75) is 30.4 Å². The molecule has 0 bridgehead atoms. The van der Waals surface area contributed by atoms with E-state index in [-0.39, 0.29) is 12.4 Å². The molecule has 16 heavy (non-hydrogen) atoms. The van der Waals surface area contributed by atoms with Crippen molar-refractivity contribution in [3.05, 3.63) is 28.8 Å². The largest absolute Gasteiger partial charge is 0.396 e. The van der Waals surface area contributed by atoms with Crippen molar-refractivity contribution in [1.82, 2.24) is 0 Å². The fraction of sp³-hybridized carbons (Fsp3) is 0.417. The Kier molecular flexibility index (Phi) is 5.32. The lowest BCUT2D eigenvalue weighted by molar-refractivity contribution is 0.101. The van der Waals surface area contributed by atoms with E-state index in [4.69, 9.17) is 16.7 Å². The first kappa shape index (κ1) is 13.6. The lowest BCUT2D eigenvalue weighted by atomic mass is 10.1. The standard InChI is InChI=1S/C12H15ClO2S/c1-8(5-6-14)16-12-4-3-10(9(2)15)7-11(12)13/h3-4,7-8,14H,5-6H2,1-2H3. The predicted molar refractivity (Wildman–Crippen MR) is 68.5 cm³/mol. The summed E-state index contributed by atoms with van der Waals surface area (Å²) < 4.78 is 0. The predicted octanol–water partition coefficient (Wildman–Crippen LogP) is 3.41. The van der Waals surface area contributed by atoms with Crippen LogP contribution in [0.2, 0.25) is 5.02 Å². The van der Waals surface area contributed by atoms with E-state index in [9.17, 15) is 4.79 Å². The zero-order valence-corrected chi connectivity index (χ0v) is 10.9. The van der Waals surface area contributed by atoms with Gasteiger partial charge in [0, 0.05) is 22.3 Å². The van der Waals surface area contributed by atoms with Crippen LogP contribution in [0.25, 0.3) is 0 Å². The first-order valence-electron chi connectivity index (χ1n) is 5.12. The molecule has 1 aromatic carbocycles. The van der Waals surface area contributed by atoms with Crippen molar-refractivity contribution in [2.75, 3.05) is 6.61 Å². The molecule has 0 amide bonds. The first-order valence-corrected chi connectivity index (χ1v) is 6.38. The van der Waals surface area contributed by atoms with Crippen LogP contribution in [0, 0.1) is 0 Å². The maximum absolute atomic E-state index is 11.1. The van der Waals surface area contributed by atoms with Crippen LogP contribution in [0.4, 0.5) is 0 Å². The Bertz CT molecular complexity index is 379. The number of carbonyl (C=O) groups is 1. The van der Waals surface area contributed by atoms with Gasteiger partial charge in [-0.05, 0) is 25.5 Å². The van der Waals surface area contributed by atoms with Gasteiger partial charge in [-0.15, -0.1) is 11.8 Å². The molecular formula is C12H15ClO2S. The van der Waals surface area contributed by atoms with Crippen molar-refractivity contribution >= 4 is 29.1 Å². The van der Waals surface area contributed by atoms with Crippen molar-refractivity contribution < 1.29 is 9.90 Å². The number of rotatable bonds is 5. The molecule has 1 N–H and O–H groups in total. The Balaban J connectivity index is 2.79. The van der Waals surface area contributed by atoms with Gasteiger partial charge in [0.25, 0.3) is 0 Å². The van der Waals surface area contributed by atoms with E-state index >= 15 is 0 Å². The molecule has 2 nitrogen and oxygen atoms in total. The highest BCUT2D eigenvalue weighted by atomic mass is 35.5. The minimum Gasteiger partial charge on any atom is -0.396 e. The number of Topliss-reactive ketones (excluding diaryl/α,β-unsaturated/α-hetero) is 1. The molecule has 0 aliphatic heterocycles. The molecule has 0 aliphatic rings. The quantitative estimate of drug-likeness (QED) is 0.650. The van der Waals surface area contributed by atoms with E-state index in [0.717, 1.165) is 11.3 Å². The van der Waals surface area contributed by atoms with Crippen LogP contribution in [0.1, 0.15) is 30.6 Å². The Morgan fingerprint density at radius 2 is 2.25 bits per heavy atom. The van der Waals surface area contributed by atoms with Crippen LogP contribution in [0.5, 0.6) is 0 Å². The Morgan fingerprint density at radius 3 is 2.75 bits per heavy atom. The zero-order valence-electron chi connectivity index (χ0n) is 9.37. The maximum Gasteiger partial charge on any atom is 0.159 e.